The molecule has 0 spiro atoms. The van der Waals surface area contributed by atoms with E-state index in [1.165, 1.54) is 35.4 Å². The van der Waals surface area contributed by atoms with Gasteiger partial charge in [-0.05, 0) is 30.7 Å². The molecule has 1 saturated heterocycles. The van der Waals surface area contributed by atoms with E-state index < -0.39 is 42.8 Å². The minimum Gasteiger partial charge on any atom is -0.443 e. The lowest BCUT2D eigenvalue weighted by atomic mass is 9.93. The Hall–Kier alpha value is -3.75. The number of nitriles is 1. The molecule has 1 aliphatic rings. The Morgan fingerprint density at radius 2 is 2.03 bits per heavy atom. The van der Waals surface area contributed by atoms with Crippen LogP contribution in [0.1, 0.15) is 6.42 Å². The maximum atomic E-state index is 13.0. The second kappa shape index (κ2) is 10.9. The third-order valence-corrected chi connectivity index (χ3v) is 4.49. The summed E-state index contributed by atoms with van der Waals surface area (Å²) in [5.41, 5.74) is 11.6. The summed E-state index contributed by atoms with van der Waals surface area (Å²) in [7, 11) is 0. The van der Waals surface area contributed by atoms with E-state index in [0.29, 0.717) is 5.69 Å². The fraction of sp³-hybridized carbons (Fsp3) is 0.368. The number of hydrogen-bond donors (Lipinski definition) is 4. The highest BCUT2D eigenvalue weighted by Gasteiger charge is 2.32. The average Bonchev–Trinajstić information content (AvgIpc) is 2.73. The van der Waals surface area contributed by atoms with Crippen LogP contribution in [0.2, 0.25) is 0 Å². The van der Waals surface area contributed by atoms with Gasteiger partial charge in [0.05, 0.1) is 12.0 Å². The number of nitrogens with zero attached hydrogens (tertiary/aromatic N) is 2. The van der Waals surface area contributed by atoms with E-state index in [9.17, 15) is 28.0 Å². The Morgan fingerprint density at radius 1 is 1.35 bits per heavy atom. The van der Waals surface area contributed by atoms with Gasteiger partial charge in [-0.1, -0.05) is 0 Å². The number of amidine groups is 1. The molecule has 0 unspecified atom stereocenters. The number of hydrogen-bond acceptors (Lipinski definition) is 5. The van der Waals surface area contributed by atoms with E-state index in [1.54, 1.807) is 0 Å². The quantitative estimate of drug-likeness (QED) is 0.255. The maximum absolute atomic E-state index is 13.0. The first kappa shape index (κ1) is 23.5. The van der Waals surface area contributed by atoms with Gasteiger partial charge in [-0.3, -0.25) is 10.5 Å². The van der Waals surface area contributed by atoms with Gasteiger partial charge in [0.15, 0.2) is 6.61 Å². The Morgan fingerprint density at radius 3 is 2.61 bits per heavy atom. The fourth-order valence-corrected chi connectivity index (χ4v) is 2.90. The van der Waals surface area contributed by atoms with Crippen LogP contribution >= 0.6 is 0 Å². The summed E-state index contributed by atoms with van der Waals surface area (Å²) in [6, 6.07) is 6.83. The third-order valence-electron chi connectivity index (χ3n) is 4.49. The minimum atomic E-state index is -2.78. The maximum Gasteiger partial charge on any atom is 0.410 e. The molecule has 0 bridgehead atoms. The zero-order chi connectivity index (χ0) is 23.0. The zero-order valence-corrected chi connectivity index (χ0v) is 16.4. The molecule has 0 radical (unpaired) electrons. The number of halogens is 3. The molecular formula is C19H22F3N6O3+. The molecule has 12 heteroatoms. The van der Waals surface area contributed by atoms with Crippen molar-refractivity contribution in [2.24, 2.45) is 17.4 Å². The monoisotopic (exact) mass is 439 g/mol. The number of likely N-dealkylation sites (tertiary alicyclic amines) is 1. The van der Waals surface area contributed by atoms with Crippen molar-refractivity contribution in [2.45, 2.75) is 18.9 Å². The fourth-order valence-electron chi connectivity index (χ4n) is 2.90. The lowest BCUT2D eigenvalue weighted by Gasteiger charge is -2.34. The van der Waals surface area contributed by atoms with Crippen LogP contribution in [0.4, 0.5) is 23.7 Å². The number of primary amides is 1. The van der Waals surface area contributed by atoms with Gasteiger partial charge in [0.2, 0.25) is 0 Å². The number of carbonyl (C=O) groups is 2. The highest BCUT2D eigenvalue weighted by molar-refractivity contribution is 6.17. The van der Waals surface area contributed by atoms with Crippen molar-refractivity contribution in [1.82, 2.24) is 10.2 Å². The highest BCUT2D eigenvalue weighted by atomic mass is 19.3. The molecule has 6 N–H and O–H groups in total. The molecule has 2 amide bonds. The van der Waals surface area contributed by atoms with Crippen molar-refractivity contribution < 1.29 is 32.5 Å². The largest absolute Gasteiger partial charge is 0.443 e. The molecule has 1 aromatic rings. The number of piperidine rings is 1. The van der Waals surface area contributed by atoms with Crippen LogP contribution in [0.15, 0.2) is 36.0 Å². The molecule has 2 rings (SSSR count). The van der Waals surface area contributed by atoms with Gasteiger partial charge in [0.1, 0.15) is 17.1 Å². The van der Waals surface area contributed by atoms with E-state index >= 15 is 0 Å². The van der Waals surface area contributed by atoms with Gasteiger partial charge in [0, 0.05) is 25.3 Å². The second-order valence-electron chi connectivity index (χ2n) is 6.68. The van der Waals surface area contributed by atoms with E-state index in [4.69, 9.17) is 11.5 Å². The van der Waals surface area contributed by atoms with Crippen LogP contribution in [0.25, 0.3) is 0 Å². The summed E-state index contributed by atoms with van der Waals surface area (Å²) in [5, 5.41) is 12.3. The molecule has 31 heavy (non-hydrogen) atoms. The summed E-state index contributed by atoms with van der Waals surface area (Å²) >= 11 is 0. The molecule has 9 nitrogen and oxygen atoms in total. The first-order chi connectivity index (χ1) is 14.7. The SMILES string of the molecule is N#C[C@@H]1CN(C(=O)OCC(F)F)CC[C@H]1N/C=C(/C(N)=O)C(N)=[NH+]c1ccc(F)cc1. The Labute approximate surface area is 176 Å². The van der Waals surface area contributed by atoms with E-state index in [-0.39, 0.29) is 30.9 Å². The van der Waals surface area contributed by atoms with Crippen molar-refractivity contribution in [2.75, 3.05) is 19.7 Å². The standard InChI is InChI=1S/C19H21F3N6O3/c20-12-1-3-13(4-2-12)27-17(24)14(18(25)29)8-26-15-5-6-28(9-11(15)7-23)19(30)31-10-16(21)22/h1-4,8,11,15-16,26H,5-6,9-10H2,(H2,24,27)(H2,25,29)/p+1/b14-8+/t11-,15-/m1/s1. The van der Waals surface area contributed by atoms with Crippen LogP contribution < -0.4 is 21.8 Å². The smallest absolute Gasteiger partial charge is 0.410 e. The predicted octanol–water partition coefficient (Wildman–Crippen LogP) is -0.530. The van der Waals surface area contributed by atoms with Crippen LogP contribution in [0, 0.1) is 23.1 Å². The van der Waals surface area contributed by atoms with Crippen molar-refractivity contribution >= 4 is 23.5 Å². The van der Waals surface area contributed by atoms with Crippen LogP contribution in [0.3, 0.4) is 0 Å². The summed E-state index contributed by atoms with van der Waals surface area (Å²) < 4.78 is 41.9. The Kier molecular flexibility index (Phi) is 8.25. The Balaban J connectivity index is 2.07. The molecular weight excluding hydrogens is 417 g/mol. The van der Waals surface area contributed by atoms with Crippen molar-refractivity contribution in [1.29, 1.82) is 5.26 Å². The summed E-state index contributed by atoms with van der Waals surface area (Å²) in [6.07, 6.45) is -2.16. The molecule has 1 heterocycles. The number of alkyl halides is 2. The number of amides is 2. The molecule has 2 atom stereocenters. The number of nitrogens with one attached hydrogen (secondary N) is 2. The van der Waals surface area contributed by atoms with Crippen LogP contribution in [-0.2, 0) is 9.53 Å². The van der Waals surface area contributed by atoms with E-state index in [1.807, 2.05) is 6.07 Å². The molecule has 1 aliphatic heterocycles. The molecule has 166 valence electrons. The lowest BCUT2D eigenvalue weighted by Crippen LogP contribution is -2.70. The van der Waals surface area contributed by atoms with Gasteiger partial charge in [-0.25, -0.2) is 23.0 Å². The first-order valence-electron chi connectivity index (χ1n) is 9.22. The van der Waals surface area contributed by atoms with Gasteiger partial charge < -0.3 is 20.7 Å². The first-order valence-corrected chi connectivity index (χ1v) is 9.22. The van der Waals surface area contributed by atoms with Crippen LogP contribution in [0.5, 0.6) is 0 Å². The van der Waals surface area contributed by atoms with Crippen molar-refractivity contribution in [3.8, 4) is 6.07 Å². The van der Waals surface area contributed by atoms with E-state index in [0.717, 1.165) is 0 Å². The zero-order valence-electron chi connectivity index (χ0n) is 16.4. The third kappa shape index (κ3) is 6.91. The topological polar surface area (TPSA) is 148 Å². The van der Waals surface area contributed by atoms with Crippen LogP contribution in [-0.4, -0.2) is 54.9 Å². The highest BCUT2D eigenvalue weighted by Crippen LogP contribution is 2.18. The van der Waals surface area contributed by atoms with Gasteiger partial charge in [-0.15, -0.1) is 0 Å². The van der Waals surface area contributed by atoms with Crippen molar-refractivity contribution in [3.05, 3.63) is 41.9 Å². The summed E-state index contributed by atoms with van der Waals surface area (Å²) in [5.74, 6) is -2.08. The minimum absolute atomic E-state index is 0.0387. The molecule has 0 aliphatic carbocycles. The summed E-state index contributed by atoms with van der Waals surface area (Å²) in [6.45, 7) is -0.900. The second-order valence-corrected chi connectivity index (χ2v) is 6.68. The number of rotatable bonds is 7. The molecule has 1 aromatic carbocycles. The molecule has 0 aromatic heterocycles. The lowest BCUT2D eigenvalue weighted by molar-refractivity contribution is -0.354. The van der Waals surface area contributed by atoms with Crippen molar-refractivity contribution in [3.63, 3.8) is 0 Å². The predicted molar refractivity (Wildman–Crippen MR) is 103 cm³/mol. The van der Waals surface area contributed by atoms with Gasteiger partial charge >= 0.3 is 6.09 Å². The average molecular weight is 439 g/mol. The van der Waals surface area contributed by atoms with Gasteiger partial charge in [-0.2, -0.15) is 5.26 Å². The Bertz CT molecular complexity index is 898. The number of carbonyl (C=O) groups excluding carboxylic acids is 2. The number of nitrogens with two attached hydrogens (primary N) is 2. The molecule has 0 saturated carbocycles. The van der Waals surface area contributed by atoms with E-state index in [2.05, 4.69) is 15.0 Å². The molecule has 1 fully saturated rings. The normalized spacial score (nSPS) is 19.6. The van der Waals surface area contributed by atoms with Gasteiger partial charge in [0.25, 0.3) is 18.2 Å². The number of ether oxygens (including phenoxy) is 1. The summed E-state index contributed by atoms with van der Waals surface area (Å²) in [4.78, 5) is 27.5. The number of benzene rings is 1.